The molecular formula is C28H26Cl2N4O2S2. The Hall–Kier alpha value is -2.59. The molecule has 6 rings (SSSR count). The molecule has 0 radical (unpaired) electrons. The number of hydrogen-bond donors (Lipinski definition) is 0. The molecule has 1 saturated heterocycles. The van der Waals surface area contributed by atoms with Crippen molar-refractivity contribution < 1.29 is 9.53 Å². The molecule has 38 heavy (non-hydrogen) atoms. The number of carbonyl (C=O) groups is 1. The highest BCUT2D eigenvalue weighted by molar-refractivity contribution is 7.22. The number of pyridine rings is 1. The van der Waals surface area contributed by atoms with Gasteiger partial charge in [-0.1, -0.05) is 53.3 Å². The number of morpholine rings is 1. The third-order valence-corrected chi connectivity index (χ3v) is 8.76. The first-order chi connectivity index (χ1) is 18.2. The van der Waals surface area contributed by atoms with Crippen molar-refractivity contribution in [3.05, 3.63) is 76.6 Å². The summed E-state index contributed by atoms with van der Waals surface area (Å²) in [7, 11) is 0. The molecule has 10 heteroatoms. The largest absolute Gasteiger partial charge is 0.379 e. The summed E-state index contributed by atoms with van der Waals surface area (Å²) in [5, 5.41) is 4.12. The Morgan fingerprint density at radius 3 is 2.68 bits per heavy atom. The monoisotopic (exact) mass is 584 g/mol. The van der Waals surface area contributed by atoms with Crippen LogP contribution in [-0.2, 0) is 4.74 Å². The SMILES string of the molecule is Cl.O=C(c1cc(-c2cccs2)nc2ccccc12)N(CCCN1CCOCC1)c1nc2c(Cl)cccc2s1. The first kappa shape index (κ1) is 27.0. The Labute approximate surface area is 240 Å². The summed E-state index contributed by atoms with van der Waals surface area (Å²) >= 11 is 9.56. The maximum absolute atomic E-state index is 14.3. The third-order valence-electron chi connectivity index (χ3n) is 6.51. The quantitative estimate of drug-likeness (QED) is 0.206. The van der Waals surface area contributed by atoms with E-state index in [1.54, 1.807) is 11.3 Å². The highest BCUT2D eigenvalue weighted by atomic mass is 35.5. The standard InChI is InChI=1S/C28H25ClN4O2S2.ClH/c29-21-7-3-9-25-26(21)31-28(37-25)33(12-5-11-32-13-15-35-16-14-32)27(34)20-18-23(24-10-4-17-36-24)30-22-8-2-1-6-19(20)22;/h1-4,6-10,17-18H,5,11-16H2;1H. The summed E-state index contributed by atoms with van der Waals surface area (Å²) in [4.78, 5) is 29.2. The number of hydrogen-bond acceptors (Lipinski definition) is 7. The molecule has 1 amide bonds. The number of para-hydroxylation sites is 2. The van der Waals surface area contributed by atoms with Crippen LogP contribution in [0, 0.1) is 0 Å². The van der Waals surface area contributed by atoms with Crippen molar-refractivity contribution in [3.63, 3.8) is 0 Å². The van der Waals surface area contributed by atoms with Gasteiger partial charge in [-0.3, -0.25) is 14.6 Å². The number of aromatic nitrogens is 2. The van der Waals surface area contributed by atoms with Crippen molar-refractivity contribution in [2.75, 3.05) is 44.3 Å². The van der Waals surface area contributed by atoms with E-state index >= 15 is 0 Å². The molecule has 0 unspecified atom stereocenters. The summed E-state index contributed by atoms with van der Waals surface area (Å²) in [6, 6.07) is 19.5. The van der Waals surface area contributed by atoms with Gasteiger partial charge in [0.25, 0.3) is 5.91 Å². The van der Waals surface area contributed by atoms with E-state index in [1.165, 1.54) is 11.3 Å². The van der Waals surface area contributed by atoms with Crippen molar-refractivity contribution in [1.82, 2.24) is 14.9 Å². The molecule has 0 saturated carbocycles. The molecule has 1 aliphatic rings. The molecule has 0 atom stereocenters. The zero-order chi connectivity index (χ0) is 25.2. The number of benzene rings is 2. The molecule has 1 aliphatic heterocycles. The van der Waals surface area contributed by atoms with Gasteiger partial charge in [0.2, 0.25) is 0 Å². The summed E-state index contributed by atoms with van der Waals surface area (Å²) in [6.45, 7) is 4.81. The number of rotatable bonds is 7. The lowest BCUT2D eigenvalue weighted by Crippen LogP contribution is -2.39. The molecular weight excluding hydrogens is 559 g/mol. The number of amides is 1. The minimum atomic E-state index is -0.0754. The van der Waals surface area contributed by atoms with Gasteiger partial charge in [-0.15, -0.1) is 23.7 Å². The normalized spacial score (nSPS) is 14.0. The fourth-order valence-electron chi connectivity index (χ4n) is 4.63. The van der Waals surface area contributed by atoms with Gasteiger partial charge in [-0.05, 0) is 42.1 Å². The fourth-order valence-corrected chi connectivity index (χ4v) is 6.60. The Morgan fingerprint density at radius 2 is 1.89 bits per heavy atom. The lowest BCUT2D eigenvalue weighted by molar-refractivity contribution is 0.0376. The third kappa shape index (κ3) is 5.57. The Balaban J connectivity index is 0.00000294. The van der Waals surface area contributed by atoms with Crippen LogP contribution in [0.15, 0.2) is 66.0 Å². The predicted molar refractivity (Wildman–Crippen MR) is 160 cm³/mol. The van der Waals surface area contributed by atoms with Crippen molar-refractivity contribution >= 4 is 78.8 Å². The van der Waals surface area contributed by atoms with E-state index in [0.29, 0.717) is 22.3 Å². The summed E-state index contributed by atoms with van der Waals surface area (Å²) in [6.07, 6.45) is 0.830. The van der Waals surface area contributed by atoms with Crippen LogP contribution in [0.25, 0.3) is 31.7 Å². The van der Waals surface area contributed by atoms with Gasteiger partial charge in [0.15, 0.2) is 5.13 Å². The molecule has 0 spiro atoms. The van der Waals surface area contributed by atoms with E-state index in [4.69, 9.17) is 26.3 Å². The van der Waals surface area contributed by atoms with Gasteiger partial charge in [0.1, 0.15) is 5.52 Å². The van der Waals surface area contributed by atoms with Crippen LogP contribution >= 0.6 is 46.7 Å². The highest BCUT2D eigenvalue weighted by Crippen LogP contribution is 2.35. The molecule has 196 valence electrons. The smallest absolute Gasteiger partial charge is 0.260 e. The van der Waals surface area contributed by atoms with E-state index in [2.05, 4.69) is 4.90 Å². The highest BCUT2D eigenvalue weighted by Gasteiger charge is 2.25. The van der Waals surface area contributed by atoms with E-state index in [0.717, 1.165) is 71.0 Å². The van der Waals surface area contributed by atoms with Gasteiger partial charge in [-0.25, -0.2) is 9.97 Å². The van der Waals surface area contributed by atoms with Crippen LogP contribution in [-0.4, -0.2) is 60.2 Å². The minimum absolute atomic E-state index is 0. The second kappa shape index (κ2) is 12.1. The molecule has 2 aromatic carbocycles. The Kier molecular flexibility index (Phi) is 8.57. The molecule has 1 fully saturated rings. The first-order valence-corrected chi connectivity index (χ1v) is 14.4. The summed E-state index contributed by atoms with van der Waals surface area (Å²) in [5.74, 6) is -0.0754. The average Bonchev–Trinajstić information content (AvgIpc) is 3.62. The molecule has 0 aliphatic carbocycles. The summed E-state index contributed by atoms with van der Waals surface area (Å²) in [5.41, 5.74) is 2.97. The van der Waals surface area contributed by atoms with Crippen molar-refractivity contribution in [3.8, 4) is 10.6 Å². The number of ether oxygens (including phenoxy) is 1. The molecule has 4 heterocycles. The van der Waals surface area contributed by atoms with Crippen LogP contribution in [0.5, 0.6) is 0 Å². The van der Waals surface area contributed by atoms with Gasteiger partial charge in [0.05, 0.1) is 44.6 Å². The average molecular weight is 586 g/mol. The topological polar surface area (TPSA) is 58.6 Å². The number of halogens is 2. The minimum Gasteiger partial charge on any atom is -0.379 e. The number of nitrogens with zero attached hydrogens (tertiary/aromatic N) is 4. The fraction of sp³-hybridized carbons (Fsp3) is 0.250. The number of thiophene rings is 1. The summed E-state index contributed by atoms with van der Waals surface area (Å²) < 4.78 is 6.45. The molecule has 6 nitrogen and oxygen atoms in total. The van der Waals surface area contributed by atoms with E-state index in [9.17, 15) is 4.79 Å². The van der Waals surface area contributed by atoms with Gasteiger partial charge < -0.3 is 4.74 Å². The van der Waals surface area contributed by atoms with E-state index in [-0.39, 0.29) is 18.3 Å². The van der Waals surface area contributed by atoms with Gasteiger partial charge >= 0.3 is 0 Å². The predicted octanol–water partition coefficient (Wildman–Crippen LogP) is 7.02. The van der Waals surface area contributed by atoms with E-state index in [1.807, 2.05) is 70.9 Å². The molecule has 0 N–H and O–H groups in total. The van der Waals surface area contributed by atoms with Crippen molar-refractivity contribution in [2.24, 2.45) is 0 Å². The molecule has 5 aromatic rings. The Morgan fingerprint density at radius 1 is 1.05 bits per heavy atom. The van der Waals surface area contributed by atoms with Gasteiger partial charge in [0, 0.05) is 31.6 Å². The van der Waals surface area contributed by atoms with Crippen LogP contribution in [0.2, 0.25) is 5.02 Å². The second-order valence-electron chi connectivity index (χ2n) is 8.90. The van der Waals surface area contributed by atoms with E-state index < -0.39 is 0 Å². The van der Waals surface area contributed by atoms with Crippen LogP contribution < -0.4 is 4.90 Å². The number of anilines is 1. The maximum atomic E-state index is 14.3. The van der Waals surface area contributed by atoms with Crippen LogP contribution in [0.1, 0.15) is 16.8 Å². The van der Waals surface area contributed by atoms with Crippen LogP contribution in [0.3, 0.4) is 0 Å². The second-order valence-corrected chi connectivity index (χ2v) is 11.3. The number of carbonyl (C=O) groups excluding carboxylic acids is 1. The van der Waals surface area contributed by atoms with Crippen molar-refractivity contribution in [1.29, 1.82) is 0 Å². The Bertz CT molecular complexity index is 1550. The maximum Gasteiger partial charge on any atom is 0.260 e. The number of thiazole rings is 1. The first-order valence-electron chi connectivity index (χ1n) is 12.3. The zero-order valence-electron chi connectivity index (χ0n) is 20.5. The molecule has 3 aromatic heterocycles. The lowest BCUT2D eigenvalue weighted by atomic mass is 10.1. The van der Waals surface area contributed by atoms with Crippen molar-refractivity contribution in [2.45, 2.75) is 6.42 Å². The van der Waals surface area contributed by atoms with Gasteiger partial charge in [-0.2, -0.15) is 0 Å². The zero-order valence-corrected chi connectivity index (χ0v) is 23.7. The lowest BCUT2D eigenvalue weighted by Gasteiger charge is -2.28. The van der Waals surface area contributed by atoms with Crippen LogP contribution in [0.4, 0.5) is 5.13 Å². The molecule has 0 bridgehead atoms. The number of fused-ring (bicyclic) bond motifs is 2.